The number of aromatic nitrogens is 2. The van der Waals surface area contributed by atoms with Gasteiger partial charge in [-0.1, -0.05) is 26.2 Å². The first kappa shape index (κ1) is 12.5. The summed E-state index contributed by atoms with van der Waals surface area (Å²) < 4.78 is 4.99. The molecule has 0 aliphatic carbocycles. The Kier molecular flexibility index (Phi) is 5.39. The maximum atomic E-state index is 11.3. The molecular weight excluding hydrogens is 206 g/mol. The summed E-state index contributed by atoms with van der Waals surface area (Å²) in [4.78, 5) is 17.9. The van der Waals surface area contributed by atoms with Gasteiger partial charge < -0.3 is 15.0 Å². The molecule has 0 aliphatic rings. The summed E-state index contributed by atoms with van der Waals surface area (Å²) in [6, 6.07) is 0. The van der Waals surface area contributed by atoms with E-state index < -0.39 is 0 Å². The Bertz CT molecular complexity index is 362. The molecule has 0 aliphatic heterocycles. The lowest BCUT2D eigenvalue weighted by Gasteiger charge is -2.08. The van der Waals surface area contributed by atoms with Gasteiger partial charge in [-0.3, -0.25) is 4.79 Å². The van der Waals surface area contributed by atoms with E-state index in [1.54, 1.807) is 0 Å². The topological polar surface area (TPSA) is 67.0 Å². The molecule has 5 nitrogen and oxygen atoms in total. The molecular formula is C11H19N3O2. The van der Waals surface area contributed by atoms with Gasteiger partial charge in [0.25, 0.3) is 5.56 Å². The van der Waals surface area contributed by atoms with Crippen molar-refractivity contribution in [3.63, 3.8) is 0 Å². The molecule has 0 unspecified atom stereocenters. The van der Waals surface area contributed by atoms with Crippen LogP contribution in [0.15, 0.2) is 11.1 Å². The molecule has 5 heteroatoms. The van der Waals surface area contributed by atoms with Gasteiger partial charge in [-0.25, -0.2) is 4.98 Å². The van der Waals surface area contributed by atoms with Crippen molar-refractivity contribution in [3.05, 3.63) is 16.7 Å². The second-order valence-corrected chi connectivity index (χ2v) is 3.60. The fourth-order valence-electron chi connectivity index (χ4n) is 1.46. The van der Waals surface area contributed by atoms with Crippen molar-refractivity contribution in [3.8, 4) is 5.75 Å². The molecule has 0 atom stereocenters. The number of ether oxygens (including phenoxy) is 1. The van der Waals surface area contributed by atoms with E-state index >= 15 is 0 Å². The van der Waals surface area contributed by atoms with Gasteiger partial charge in [0.1, 0.15) is 0 Å². The van der Waals surface area contributed by atoms with Crippen molar-refractivity contribution in [2.45, 2.75) is 32.6 Å². The van der Waals surface area contributed by atoms with E-state index in [1.165, 1.54) is 32.7 Å². The average molecular weight is 225 g/mol. The Labute approximate surface area is 95.3 Å². The van der Waals surface area contributed by atoms with Gasteiger partial charge in [0.05, 0.1) is 13.4 Å². The molecule has 0 radical (unpaired) electrons. The van der Waals surface area contributed by atoms with Crippen LogP contribution >= 0.6 is 0 Å². The van der Waals surface area contributed by atoms with Crippen LogP contribution in [-0.2, 0) is 0 Å². The summed E-state index contributed by atoms with van der Waals surface area (Å²) in [6.45, 7) is 2.99. The van der Waals surface area contributed by atoms with E-state index in [2.05, 4.69) is 22.2 Å². The van der Waals surface area contributed by atoms with E-state index in [0.29, 0.717) is 5.82 Å². The third-order valence-electron chi connectivity index (χ3n) is 2.34. The molecule has 0 saturated heterocycles. The number of aromatic amines is 1. The first-order valence-electron chi connectivity index (χ1n) is 5.65. The smallest absolute Gasteiger partial charge is 0.295 e. The van der Waals surface area contributed by atoms with Gasteiger partial charge in [-0.2, -0.15) is 0 Å². The molecule has 1 aromatic heterocycles. The fraction of sp³-hybridized carbons (Fsp3) is 0.636. The van der Waals surface area contributed by atoms with Crippen LogP contribution in [0, 0.1) is 0 Å². The zero-order valence-corrected chi connectivity index (χ0v) is 9.88. The molecule has 0 bridgehead atoms. The predicted octanol–water partition coefficient (Wildman–Crippen LogP) is 1.77. The third kappa shape index (κ3) is 3.56. The molecule has 16 heavy (non-hydrogen) atoms. The van der Waals surface area contributed by atoms with E-state index in [-0.39, 0.29) is 11.3 Å². The molecule has 90 valence electrons. The van der Waals surface area contributed by atoms with Crippen molar-refractivity contribution in [2.24, 2.45) is 0 Å². The first-order valence-corrected chi connectivity index (χ1v) is 5.65. The maximum Gasteiger partial charge on any atom is 0.295 e. The Morgan fingerprint density at radius 1 is 1.44 bits per heavy atom. The molecule has 1 aromatic rings. The zero-order valence-electron chi connectivity index (χ0n) is 9.88. The van der Waals surface area contributed by atoms with Crippen molar-refractivity contribution >= 4 is 5.82 Å². The van der Waals surface area contributed by atoms with Gasteiger partial charge in [-0.05, 0) is 6.42 Å². The number of unbranched alkanes of at least 4 members (excludes halogenated alkanes) is 3. The summed E-state index contributed by atoms with van der Waals surface area (Å²) in [7, 11) is 1.47. The lowest BCUT2D eigenvalue weighted by atomic mass is 10.2. The number of H-pyrrole nitrogens is 1. The summed E-state index contributed by atoms with van der Waals surface area (Å²) in [5.41, 5.74) is -0.256. The normalized spacial score (nSPS) is 10.1. The van der Waals surface area contributed by atoms with Crippen molar-refractivity contribution in [1.29, 1.82) is 0 Å². The SMILES string of the molecule is CCCCCCNc1nc[nH]c(=O)c1OC. The molecule has 0 fully saturated rings. The lowest BCUT2D eigenvalue weighted by molar-refractivity contribution is 0.408. The number of methoxy groups -OCH3 is 1. The summed E-state index contributed by atoms with van der Waals surface area (Å²) in [5.74, 6) is 0.765. The second-order valence-electron chi connectivity index (χ2n) is 3.60. The first-order chi connectivity index (χ1) is 7.79. The standard InChI is InChI=1S/C11H19N3O2/c1-3-4-5-6-7-12-10-9(16-2)11(15)14-8-13-10/h8H,3-7H2,1-2H3,(H2,12,13,14,15). The van der Waals surface area contributed by atoms with E-state index in [9.17, 15) is 4.79 Å². The van der Waals surface area contributed by atoms with Gasteiger partial charge >= 0.3 is 0 Å². The van der Waals surface area contributed by atoms with Crippen molar-refractivity contribution < 1.29 is 4.74 Å². The highest BCUT2D eigenvalue weighted by atomic mass is 16.5. The number of rotatable bonds is 7. The Hall–Kier alpha value is -1.52. The van der Waals surface area contributed by atoms with Gasteiger partial charge in [-0.15, -0.1) is 0 Å². The minimum atomic E-state index is -0.256. The average Bonchev–Trinajstić information content (AvgIpc) is 2.29. The minimum absolute atomic E-state index is 0.248. The fourth-order valence-corrected chi connectivity index (χ4v) is 1.46. The molecule has 0 amide bonds. The van der Waals surface area contributed by atoms with E-state index in [4.69, 9.17) is 4.74 Å². The lowest BCUT2D eigenvalue weighted by Crippen LogP contribution is -2.14. The van der Waals surface area contributed by atoms with Crippen molar-refractivity contribution in [1.82, 2.24) is 9.97 Å². The van der Waals surface area contributed by atoms with Crippen LogP contribution in [0.1, 0.15) is 32.6 Å². The minimum Gasteiger partial charge on any atom is -0.489 e. The Morgan fingerprint density at radius 3 is 2.94 bits per heavy atom. The van der Waals surface area contributed by atoms with Crippen LogP contribution in [0.5, 0.6) is 5.75 Å². The Morgan fingerprint density at radius 2 is 2.25 bits per heavy atom. The van der Waals surface area contributed by atoms with Gasteiger partial charge in [0.15, 0.2) is 5.82 Å². The number of nitrogens with zero attached hydrogens (tertiary/aromatic N) is 1. The van der Waals surface area contributed by atoms with Crippen LogP contribution in [0.4, 0.5) is 5.82 Å². The molecule has 1 heterocycles. The number of hydrogen-bond donors (Lipinski definition) is 2. The number of anilines is 1. The van der Waals surface area contributed by atoms with E-state index in [0.717, 1.165) is 13.0 Å². The zero-order chi connectivity index (χ0) is 11.8. The summed E-state index contributed by atoms with van der Waals surface area (Å²) >= 11 is 0. The monoisotopic (exact) mass is 225 g/mol. The van der Waals surface area contributed by atoms with Gasteiger partial charge in [0, 0.05) is 6.54 Å². The van der Waals surface area contributed by atoms with Crippen LogP contribution < -0.4 is 15.6 Å². The van der Waals surface area contributed by atoms with Crippen LogP contribution in [0.3, 0.4) is 0 Å². The maximum absolute atomic E-state index is 11.3. The molecule has 0 aromatic carbocycles. The van der Waals surface area contributed by atoms with Gasteiger partial charge in [0.2, 0.25) is 5.75 Å². The predicted molar refractivity (Wildman–Crippen MR) is 64.0 cm³/mol. The summed E-state index contributed by atoms with van der Waals surface area (Å²) in [6.07, 6.45) is 6.09. The highest BCUT2D eigenvalue weighted by Crippen LogP contribution is 2.14. The van der Waals surface area contributed by atoms with Crippen LogP contribution in [0.2, 0.25) is 0 Å². The Balaban J connectivity index is 2.47. The second kappa shape index (κ2) is 6.87. The molecule has 0 spiro atoms. The number of hydrogen-bond acceptors (Lipinski definition) is 4. The molecule has 1 rings (SSSR count). The largest absolute Gasteiger partial charge is 0.489 e. The highest BCUT2D eigenvalue weighted by Gasteiger charge is 2.07. The van der Waals surface area contributed by atoms with E-state index in [1.807, 2.05) is 0 Å². The van der Waals surface area contributed by atoms with Crippen molar-refractivity contribution in [2.75, 3.05) is 19.0 Å². The molecule has 2 N–H and O–H groups in total. The summed E-state index contributed by atoms with van der Waals surface area (Å²) in [5, 5.41) is 3.11. The van der Waals surface area contributed by atoms with Crippen LogP contribution in [-0.4, -0.2) is 23.6 Å². The van der Waals surface area contributed by atoms with Crippen LogP contribution in [0.25, 0.3) is 0 Å². The highest BCUT2D eigenvalue weighted by molar-refractivity contribution is 5.47. The molecule has 0 saturated carbocycles. The third-order valence-corrected chi connectivity index (χ3v) is 2.34. The number of nitrogens with one attached hydrogen (secondary N) is 2. The quantitative estimate of drug-likeness (QED) is 0.694.